The Balaban J connectivity index is 2.79. The fraction of sp³-hybridized carbons (Fsp3) is 0.462. The highest BCUT2D eigenvalue weighted by atomic mass is 35.5. The van der Waals surface area contributed by atoms with Gasteiger partial charge < -0.3 is 4.90 Å². The monoisotopic (exact) mass is 273 g/mol. The maximum atomic E-state index is 12.2. The van der Waals surface area contributed by atoms with Crippen molar-refractivity contribution in [1.82, 2.24) is 4.90 Å². The van der Waals surface area contributed by atoms with Crippen molar-refractivity contribution >= 4 is 29.1 Å². The molecule has 0 bridgehead atoms. The van der Waals surface area contributed by atoms with E-state index in [9.17, 15) is 4.79 Å². The number of hydrogen-bond acceptors (Lipinski definition) is 1. The second-order valence-corrected chi connectivity index (χ2v) is 5.63. The largest absolute Gasteiger partial charge is 0.336 e. The molecule has 4 heteroatoms. The summed E-state index contributed by atoms with van der Waals surface area (Å²) < 4.78 is 0. The number of carbonyl (C=O) groups is 1. The van der Waals surface area contributed by atoms with Crippen LogP contribution in [0.25, 0.3) is 0 Å². The Labute approximate surface area is 113 Å². The van der Waals surface area contributed by atoms with Gasteiger partial charge in [-0.1, -0.05) is 18.2 Å². The summed E-state index contributed by atoms with van der Waals surface area (Å²) in [6, 6.07) is 9.18. The topological polar surface area (TPSA) is 20.3 Å². The fourth-order valence-electron chi connectivity index (χ4n) is 1.61. The molecule has 0 radical (unpaired) electrons. The van der Waals surface area contributed by atoms with E-state index in [1.807, 2.05) is 32.0 Å². The van der Waals surface area contributed by atoms with Gasteiger partial charge in [-0.3, -0.25) is 4.79 Å². The highest BCUT2D eigenvalue weighted by molar-refractivity contribution is 6.21. The van der Waals surface area contributed by atoms with Gasteiger partial charge in [-0.15, -0.1) is 23.2 Å². The second-order valence-electron chi connectivity index (χ2n) is 4.14. The minimum absolute atomic E-state index is 0.0226. The van der Waals surface area contributed by atoms with Gasteiger partial charge in [0.25, 0.3) is 5.91 Å². The first-order valence-electron chi connectivity index (χ1n) is 5.63. The third-order valence-corrected chi connectivity index (χ3v) is 2.53. The van der Waals surface area contributed by atoms with E-state index < -0.39 is 0 Å². The quantitative estimate of drug-likeness (QED) is 0.754. The number of benzene rings is 1. The molecular formula is C13H17Cl2NO. The first-order valence-corrected chi connectivity index (χ1v) is 6.50. The van der Waals surface area contributed by atoms with Gasteiger partial charge in [-0.25, -0.2) is 0 Å². The molecule has 17 heavy (non-hydrogen) atoms. The number of rotatable bonds is 5. The molecule has 0 aliphatic heterocycles. The van der Waals surface area contributed by atoms with E-state index in [1.54, 1.807) is 17.0 Å². The minimum Gasteiger partial charge on any atom is -0.336 e. The fourth-order valence-corrected chi connectivity index (χ4v) is 1.94. The third kappa shape index (κ3) is 4.97. The normalized spacial score (nSPS) is 14.1. The molecule has 0 heterocycles. The highest BCUT2D eigenvalue weighted by Gasteiger charge is 2.18. The van der Waals surface area contributed by atoms with Crippen molar-refractivity contribution in [3.8, 4) is 0 Å². The maximum absolute atomic E-state index is 12.2. The predicted octanol–water partition coefficient (Wildman–Crippen LogP) is 3.38. The second kappa shape index (κ2) is 6.87. The minimum atomic E-state index is -0.0851. The van der Waals surface area contributed by atoms with Crippen LogP contribution in [0.15, 0.2) is 30.3 Å². The van der Waals surface area contributed by atoms with Gasteiger partial charge in [-0.05, 0) is 26.0 Å². The Kier molecular flexibility index (Phi) is 5.79. The van der Waals surface area contributed by atoms with Gasteiger partial charge in [-0.2, -0.15) is 0 Å². The van der Waals surface area contributed by atoms with Crippen LogP contribution in [0, 0.1) is 0 Å². The lowest BCUT2D eigenvalue weighted by Gasteiger charge is -2.25. The summed E-state index contributed by atoms with van der Waals surface area (Å²) in [4.78, 5) is 13.9. The van der Waals surface area contributed by atoms with E-state index in [-0.39, 0.29) is 16.7 Å². The zero-order valence-corrected chi connectivity index (χ0v) is 11.6. The standard InChI is InChI=1S/C13H17Cl2NO/c1-10(14)8-16(9-11(2)15)13(17)12-6-4-3-5-7-12/h3-7,10-11H,8-9H2,1-2H3. The van der Waals surface area contributed by atoms with Crippen LogP contribution < -0.4 is 0 Å². The van der Waals surface area contributed by atoms with Crippen molar-refractivity contribution in [2.75, 3.05) is 13.1 Å². The van der Waals surface area contributed by atoms with E-state index in [2.05, 4.69) is 0 Å². The molecule has 0 fully saturated rings. The molecule has 94 valence electrons. The van der Waals surface area contributed by atoms with E-state index in [4.69, 9.17) is 23.2 Å². The number of nitrogens with zero attached hydrogens (tertiary/aromatic N) is 1. The summed E-state index contributed by atoms with van der Waals surface area (Å²) in [5.74, 6) is -0.0226. The van der Waals surface area contributed by atoms with Crippen LogP contribution >= 0.6 is 23.2 Å². The van der Waals surface area contributed by atoms with Crippen molar-refractivity contribution < 1.29 is 4.79 Å². The first kappa shape index (κ1) is 14.3. The predicted molar refractivity (Wildman–Crippen MR) is 73.0 cm³/mol. The van der Waals surface area contributed by atoms with Gasteiger partial charge >= 0.3 is 0 Å². The summed E-state index contributed by atoms with van der Waals surface area (Å²) in [7, 11) is 0. The SMILES string of the molecule is CC(Cl)CN(CC(C)Cl)C(=O)c1ccccc1. The Morgan fingerprint density at radius 1 is 1.12 bits per heavy atom. The summed E-state index contributed by atoms with van der Waals surface area (Å²) in [6.45, 7) is 4.75. The molecule has 2 atom stereocenters. The zero-order valence-electron chi connectivity index (χ0n) is 10.1. The summed E-state index contributed by atoms with van der Waals surface area (Å²) >= 11 is 11.9. The molecule has 0 aliphatic rings. The lowest BCUT2D eigenvalue weighted by molar-refractivity contribution is 0.0758. The Morgan fingerprint density at radius 2 is 1.59 bits per heavy atom. The maximum Gasteiger partial charge on any atom is 0.253 e. The van der Waals surface area contributed by atoms with E-state index in [1.165, 1.54) is 0 Å². The van der Waals surface area contributed by atoms with Crippen molar-refractivity contribution in [3.63, 3.8) is 0 Å². The van der Waals surface area contributed by atoms with Crippen LogP contribution in [0.3, 0.4) is 0 Å². The van der Waals surface area contributed by atoms with Gasteiger partial charge in [0, 0.05) is 29.4 Å². The molecule has 1 aromatic rings. The molecule has 2 unspecified atom stereocenters. The third-order valence-electron chi connectivity index (χ3n) is 2.25. The van der Waals surface area contributed by atoms with Gasteiger partial charge in [0.1, 0.15) is 0 Å². The number of halogens is 2. The van der Waals surface area contributed by atoms with Crippen LogP contribution in [0.2, 0.25) is 0 Å². The molecule has 0 N–H and O–H groups in total. The number of hydrogen-bond donors (Lipinski definition) is 0. The average Bonchev–Trinajstić information content (AvgIpc) is 2.27. The smallest absolute Gasteiger partial charge is 0.253 e. The molecule has 0 spiro atoms. The van der Waals surface area contributed by atoms with Gasteiger partial charge in [0.15, 0.2) is 0 Å². The molecule has 0 saturated carbocycles. The van der Waals surface area contributed by atoms with Crippen LogP contribution in [-0.4, -0.2) is 34.7 Å². The van der Waals surface area contributed by atoms with E-state index in [0.29, 0.717) is 18.7 Å². The Morgan fingerprint density at radius 3 is 2.00 bits per heavy atom. The Bertz CT molecular complexity index is 342. The lowest BCUT2D eigenvalue weighted by atomic mass is 10.2. The first-order chi connectivity index (χ1) is 8.00. The molecule has 0 aromatic heterocycles. The van der Waals surface area contributed by atoms with Crippen LogP contribution in [0.1, 0.15) is 24.2 Å². The summed E-state index contributed by atoms with van der Waals surface area (Å²) in [6.07, 6.45) is 0. The number of amides is 1. The van der Waals surface area contributed by atoms with Gasteiger partial charge in [0.2, 0.25) is 0 Å². The number of alkyl halides is 2. The van der Waals surface area contributed by atoms with Gasteiger partial charge in [0.05, 0.1) is 0 Å². The molecule has 1 amide bonds. The van der Waals surface area contributed by atoms with Crippen molar-refractivity contribution in [3.05, 3.63) is 35.9 Å². The molecule has 1 aromatic carbocycles. The van der Waals surface area contributed by atoms with Crippen LogP contribution in [0.5, 0.6) is 0 Å². The molecule has 1 rings (SSSR count). The van der Waals surface area contributed by atoms with Crippen molar-refractivity contribution in [2.45, 2.75) is 24.6 Å². The Hall–Kier alpha value is -0.730. The van der Waals surface area contributed by atoms with Crippen molar-refractivity contribution in [1.29, 1.82) is 0 Å². The molecule has 0 aliphatic carbocycles. The van der Waals surface area contributed by atoms with Crippen LogP contribution in [-0.2, 0) is 0 Å². The average molecular weight is 274 g/mol. The zero-order chi connectivity index (χ0) is 12.8. The molecular weight excluding hydrogens is 257 g/mol. The van der Waals surface area contributed by atoms with E-state index >= 15 is 0 Å². The lowest BCUT2D eigenvalue weighted by Crippen LogP contribution is -2.38. The highest BCUT2D eigenvalue weighted by Crippen LogP contribution is 2.10. The van der Waals surface area contributed by atoms with E-state index in [0.717, 1.165) is 0 Å². The van der Waals surface area contributed by atoms with Crippen molar-refractivity contribution in [2.24, 2.45) is 0 Å². The molecule has 2 nitrogen and oxygen atoms in total. The van der Waals surface area contributed by atoms with Crippen LogP contribution in [0.4, 0.5) is 0 Å². The summed E-state index contributed by atoms with van der Waals surface area (Å²) in [5, 5.41) is -0.170. The molecule has 0 saturated heterocycles. The number of carbonyl (C=O) groups excluding carboxylic acids is 1. The summed E-state index contributed by atoms with van der Waals surface area (Å²) in [5.41, 5.74) is 0.669.